The van der Waals surface area contributed by atoms with Gasteiger partial charge in [0.2, 0.25) is 0 Å². The second-order valence-corrected chi connectivity index (χ2v) is 3.21. The van der Waals surface area contributed by atoms with Gasteiger partial charge < -0.3 is 14.9 Å². The van der Waals surface area contributed by atoms with Crippen LogP contribution in [0.1, 0.15) is 31.1 Å². The number of allylic oxidation sites excluding steroid dienone is 1. The lowest BCUT2D eigenvalue weighted by Gasteiger charge is -2.03. The zero-order chi connectivity index (χ0) is 14.4. The van der Waals surface area contributed by atoms with E-state index < -0.39 is 29.0 Å². The number of carboxylic acid groups (broad SMARTS) is 2. The van der Waals surface area contributed by atoms with Crippen LogP contribution in [0.15, 0.2) is 30.9 Å². The fourth-order valence-electron chi connectivity index (χ4n) is 1.21. The molecule has 0 amide bonds. The van der Waals surface area contributed by atoms with Crippen LogP contribution < -0.4 is 0 Å². The number of ether oxygens (including phenoxy) is 1. The lowest BCUT2D eigenvalue weighted by molar-refractivity contribution is 0.0649. The molecule has 0 saturated carbocycles. The van der Waals surface area contributed by atoms with Crippen molar-refractivity contribution in [2.45, 2.75) is 0 Å². The molecule has 0 aliphatic rings. The zero-order valence-electron chi connectivity index (χ0n) is 9.54. The van der Waals surface area contributed by atoms with Gasteiger partial charge in [0.1, 0.15) is 6.11 Å². The van der Waals surface area contributed by atoms with Gasteiger partial charge in [0.05, 0.1) is 16.7 Å². The van der Waals surface area contributed by atoms with E-state index in [1.165, 1.54) is 6.08 Å². The van der Waals surface area contributed by atoms with Crippen LogP contribution in [0, 0.1) is 12.0 Å². The quantitative estimate of drug-likeness (QED) is 0.629. The molecule has 0 spiro atoms. The lowest BCUT2D eigenvalue weighted by atomic mass is 10.0. The molecule has 96 valence electrons. The van der Waals surface area contributed by atoms with Crippen LogP contribution in [0.3, 0.4) is 0 Å². The van der Waals surface area contributed by atoms with E-state index in [-0.39, 0.29) is 5.56 Å². The van der Waals surface area contributed by atoms with Crippen molar-refractivity contribution < 1.29 is 29.3 Å². The molecule has 0 aliphatic carbocycles. The number of carbonyl (C=O) groups is 3. The summed E-state index contributed by atoms with van der Waals surface area (Å²) in [5.41, 5.74) is -1.03. The normalized spacial score (nSPS) is 8.84. The van der Waals surface area contributed by atoms with E-state index in [4.69, 9.17) is 10.2 Å². The first-order chi connectivity index (χ1) is 8.97. The summed E-state index contributed by atoms with van der Waals surface area (Å²) in [7, 11) is 0. The Bertz CT molecular complexity index is 618. The molecular formula is C13H8O6. The SMILES string of the molecule is C=CC#COC(=O)c1ccc(C(=O)O)c(C(=O)O)c1. The van der Waals surface area contributed by atoms with Crippen molar-refractivity contribution in [3.8, 4) is 12.0 Å². The van der Waals surface area contributed by atoms with Gasteiger partial charge in [-0.05, 0) is 30.2 Å². The van der Waals surface area contributed by atoms with Gasteiger partial charge in [-0.25, -0.2) is 14.4 Å². The minimum absolute atomic E-state index is 0.110. The lowest BCUT2D eigenvalue weighted by Crippen LogP contribution is -2.11. The highest BCUT2D eigenvalue weighted by molar-refractivity contribution is 6.04. The van der Waals surface area contributed by atoms with Gasteiger partial charge in [0.15, 0.2) is 0 Å². The molecule has 19 heavy (non-hydrogen) atoms. The molecule has 0 fully saturated rings. The van der Waals surface area contributed by atoms with Crippen molar-refractivity contribution in [2.24, 2.45) is 0 Å². The number of esters is 1. The van der Waals surface area contributed by atoms with Gasteiger partial charge in [0, 0.05) is 0 Å². The highest BCUT2D eigenvalue weighted by Crippen LogP contribution is 2.13. The Morgan fingerprint density at radius 3 is 2.32 bits per heavy atom. The van der Waals surface area contributed by atoms with Crippen molar-refractivity contribution >= 4 is 17.9 Å². The first-order valence-electron chi connectivity index (χ1n) is 4.90. The summed E-state index contributed by atoms with van der Waals surface area (Å²) in [5.74, 6) is -1.46. The zero-order valence-corrected chi connectivity index (χ0v) is 9.54. The van der Waals surface area contributed by atoms with E-state index in [1.54, 1.807) is 0 Å². The molecule has 0 heterocycles. The third kappa shape index (κ3) is 3.44. The van der Waals surface area contributed by atoms with Gasteiger partial charge in [-0.3, -0.25) is 0 Å². The molecule has 6 nitrogen and oxygen atoms in total. The molecule has 0 aliphatic heterocycles. The maximum atomic E-state index is 11.5. The standard InChI is InChI=1S/C13H8O6/c1-2-3-6-19-13(18)8-4-5-9(11(14)15)10(7-8)12(16)17/h2,4-5,7H,1H2,(H,14,15)(H,16,17). The monoisotopic (exact) mass is 260 g/mol. The highest BCUT2D eigenvalue weighted by Gasteiger charge is 2.18. The van der Waals surface area contributed by atoms with Crippen LogP contribution in [0.4, 0.5) is 0 Å². The summed E-state index contributed by atoms with van der Waals surface area (Å²) in [4.78, 5) is 33.2. The molecule has 6 heteroatoms. The third-order valence-electron chi connectivity index (χ3n) is 2.02. The van der Waals surface area contributed by atoms with Crippen LogP contribution in [0.2, 0.25) is 0 Å². The third-order valence-corrected chi connectivity index (χ3v) is 2.02. The molecular weight excluding hydrogens is 252 g/mol. The average Bonchev–Trinajstić information content (AvgIpc) is 2.38. The predicted molar refractivity (Wildman–Crippen MR) is 63.7 cm³/mol. The van der Waals surface area contributed by atoms with Gasteiger partial charge in [-0.1, -0.05) is 6.58 Å². The summed E-state index contributed by atoms with van der Waals surface area (Å²) in [5, 5.41) is 17.7. The van der Waals surface area contributed by atoms with Crippen molar-refractivity contribution in [3.05, 3.63) is 47.5 Å². The van der Waals surface area contributed by atoms with E-state index in [0.29, 0.717) is 0 Å². The number of aromatic carboxylic acids is 2. The number of carboxylic acids is 2. The maximum absolute atomic E-state index is 11.5. The van der Waals surface area contributed by atoms with Gasteiger partial charge >= 0.3 is 17.9 Å². The van der Waals surface area contributed by atoms with Crippen molar-refractivity contribution in [1.29, 1.82) is 0 Å². The topological polar surface area (TPSA) is 101 Å². The Hall–Kier alpha value is -3.07. The number of hydrogen-bond acceptors (Lipinski definition) is 4. The Labute approximate surface area is 107 Å². The Balaban J connectivity index is 3.15. The summed E-state index contributed by atoms with van der Waals surface area (Å²) < 4.78 is 4.49. The summed E-state index contributed by atoms with van der Waals surface area (Å²) >= 11 is 0. The molecule has 0 aromatic heterocycles. The summed E-state index contributed by atoms with van der Waals surface area (Å²) in [6, 6.07) is 3.08. The second-order valence-electron chi connectivity index (χ2n) is 3.21. The predicted octanol–water partition coefficient (Wildman–Crippen LogP) is 1.39. The first-order valence-corrected chi connectivity index (χ1v) is 4.90. The van der Waals surface area contributed by atoms with Gasteiger partial charge in [-0.2, -0.15) is 0 Å². The van der Waals surface area contributed by atoms with Crippen LogP contribution in [-0.4, -0.2) is 28.1 Å². The molecule has 1 aromatic carbocycles. The van der Waals surface area contributed by atoms with Crippen LogP contribution in [0.25, 0.3) is 0 Å². The van der Waals surface area contributed by atoms with Crippen molar-refractivity contribution in [1.82, 2.24) is 0 Å². The molecule has 0 saturated heterocycles. The molecule has 1 rings (SSSR count). The minimum Gasteiger partial charge on any atom is -0.478 e. The fourth-order valence-corrected chi connectivity index (χ4v) is 1.21. The molecule has 0 radical (unpaired) electrons. The van der Waals surface area contributed by atoms with Crippen LogP contribution in [-0.2, 0) is 4.74 Å². The Morgan fingerprint density at radius 1 is 1.16 bits per heavy atom. The summed E-state index contributed by atoms with van der Waals surface area (Å²) in [6.07, 6.45) is 3.25. The largest absolute Gasteiger partial charge is 0.478 e. The summed E-state index contributed by atoms with van der Waals surface area (Å²) in [6.45, 7) is 3.29. The van der Waals surface area contributed by atoms with E-state index in [9.17, 15) is 14.4 Å². The van der Waals surface area contributed by atoms with E-state index in [1.807, 2.05) is 6.11 Å². The smallest absolute Gasteiger partial charge is 0.352 e. The van der Waals surface area contributed by atoms with Crippen molar-refractivity contribution in [3.63, 3.8) is 0 Å². The van der Waals surface area contributed by atoms with E-state index in [0.717, 1.165) is 18.2 Å². The van der Waals surface area contributed by atoms with Crippen LogP contribution in [0.5, 0.6) is 0 Å². The molecule has 2 N–H and O–H groups in total. The van der Waals surface area contributed by atoms with Crippen molar-refractivity contribution in [2.75, 3.05) is 0 Å². The maximum Gasteiger partial charge on any atom is 0.352 e. The van der Waals surface area contributed by atoms with Gasteiger partial charge in [0.25, 0.3) is 0 Å². The van der Waals surface area contributed by atoms with Crippen LogP contribution >= 0.6 is 0 Å². The highest BCUT2D eigenvalue weighted by atomic mass is 16.5. The minimum atomic E-state index is -1.45. The van der Waals surface area contributed by atoms with E-state index in [2.05, 4.69) is 17.2 Å². The average molecular weight is 260 g/mol. The molecule has 1 aromatic rings. The van der Waals surface area contributed by atoms with Gasteiger partial charge in [-0.15, -0.1) is 0 Å². The molecule has 0 atom stereocenters. The molecule has 0 unspecified atom stereocenters. The Kier molecular flexibility index (Phi) is 4.44. The number of benzene rings is 1. The Morgan fingerprint density at radius 2 is 1.79 bits per heavy atom. The fraction of sp³-hybridized carbons (Fsp3) is 0. The van der Waals surface area contributed by atoms with E-state index >= 15 is 0 Å². The first kappa shape index (κ1) is 14.0. The molecule has 0 bridgehead atoms. The number of rotatable bonds is 3. The number of carbonyl (C=O) groups excluding carboxylic acids is 1. The second kappa shape index (κ2) is 6.02. The number of hydrogen-bond donors (Lipinski definition) is 2.